The molecule has 37 heavy (non-hydrogen) atoms. The Bertz CT molecular complexity index is 1330. The van der Waals surface area contributed by atoms with Gasteiger partial charge in [0.25, 0.3) is 0 Å². The zero-order chi connectivity index (χ0) is 25.2. The Hall–Kier alpha value is -3.21. The molecule has 0 saturated carbocycles. The molecular weight excluding hydrogens is 456 g/mol. The number of fused-ring (bicyclic) bond motifs is 4. The number of aromatic nitrogens is 1. The number of piperidine rings is 3. The molecule has 5 atom stereocenters. The highest BCUT2D eigenvalue weighted by atomic mass is 16.5. The number of benzene rings is 3. The van der Waals surface area contributed by atoms with E-state index < -0.39 is 6.10 Å². The van der Waals surface area contributed by atoms with E-state index in [0.717, 1.165) is 58.7 Å². The van der Waals surface area contributed by atoms with Gasteiger partial charge in [0.1, 0.15) is 31.0 Å². The summed E-state index contributed by atoms with van der Waals surface area (Å²) in [7, 11) is 0. The molecule has 7 rings (SSSR count). The van der Waals surface area contributed by atoms with E-state index in [1.807, 2.05) is 48.7 Å². The van der Waals surface area contributed by atoms with E-state index in [1.165, 1.54) is 24.0 Å². The summed E-state index contributed by atoms with van der Waals surface area (Å²) in [4.78, 5) is 4.54. The van der Waals surface area contributed by atoms with Crippen molar-refractivity contribution in [2.45, 2.75) is 51.5 Å². The van der Waals surface area contributed by atoms with E-state index in [2.05, 4.69) is 54.4 Å². The zero-order valence-corrected chi connectivity index (χ0v) is 21.7. The van der Waals surface area contributed by atoms with Crippen molar-refractivity contribution in [3.8, 4) is 5.75 Å². The van der Waals surface area contributed by atoms with Gasteiger partial charge in [-0.3, -0.25) is 4.98 Å². The van der Waals surface area contributed by atoms with Crippen LogP contribution in [-0.2, 0) is 13.2 Å². The topological polar surface area (TPSA) is 42.4 Å². The van der Waals surface area contributed by atoms with Crippen LogP contribution in [-0.4, -0.2) is 33.7 Å². The van der Waals surface area contributed by atoms with Crippen LogP contribution in [0.5, 0.6) is 5.75 Å². The third kappa shape index (κ3) is 4.76. The second-order valence-electron chi connectivity index (χ2n) is 11.1. The van der Waals surface area contributed by atoms with Gasteiger partial charge in [0.05, 0.1) is 18.6 Å². The van der Waals surface area contributed by atoms with Gasteiger partial charge in [-0.2, -0.15) is 0 Å². The molecule has 3 aliphatic heterocycles. The second-order valence-corrected chi connectivity index (χ2v) is 11.1. The number of hydrogen-bond donors (Lipinski definition) is 1. The summed E-state index contributed by atoms with van der Waals surface area (Å²) in [6.07, 6.45) is 4.93. The highest BCUT2D eigenvalue weighted by molar-refractivity contribution is 5.82. The minimum atomic E-state index is -0.498. The first kappa shape index (κ1) is 24.1. The Balaban J connectivity index is 1.25. The molecule has 4 heterocycles. The number of quaternary nitrogens is 1. The van der Waals surface area contributed by atoms with Crippen molar-refractivity contribution >= 4 is 10.9 Å². The Morgan fingerprint density at radius 1 is 0.946 bits per heavy atom. The zero-order valence-electron chi connectivity index (χ0n) is 21.7. The lowest BCUT2D eigenvalue weighted by molar-refractivity contribution is -0.985. The van der Waals surface area contributed by atoms with Crippen LogP contribution in [0.1, 0.15) is 49.0 Å². The Kier molecular flexibility index (Phi) is 6.71. The van der Waals surface area contributed by atoms with Crippen molar-refractivity contribution in [1.82, 2.24) is 4.98 Å². The SMILES string of the molecule is CC[C@H]1C[N@+]2(Cc3ccc(OCc4ccccc4)cc3)CC[C@H]1C[C@H]2[C@H](O)c1ccnc2ccccc12. The lowest BCUT2D eigenvalue weighted by Gasteiger charge is -2.58. The van der Waals surface area contributed by atoms with Gasteiger partial charge >= 0.3 is 0 Å². The molecule has 3 saturated heterocycles. The summed E-state index contributed by atoms with van der Waals surface area (Å²) in [6.45, 7) is 6.15. The van der Waals surface area contributed by atoms with Gasteiger partial charge in [0.15, 0.2) is 0 Å². The van der Waals surface area contributed by atoms with Crippen molar-refractivity contribution in [1.29, 1.82) is 0 Å². The van der Waals surface area contributed by atoms with Gasteiger partial charge in [0.2, 0.25) is 0 Å². The van der Waals surface area contributed by atoms with Crippen molar-refractivity contribution in [3.05, 3.63) is 108 Å². The highest BCUT2D eigenvalue weighted by Gasteiger charge is 2.54. The smallest absolute Gasteiger partial charge is 0.131 e. The maximum Gasteiger partial charge on any atom is 0.131 e. The van der Waals surface area contributed by atoms with Gasteiger partial charge in [-0.15, -0.1) is 0 Å². The first-order valence-electron chi connectivity index (χ1n) is 13.8. The Morgan fingerprint density at radius 2 is 1.73 bits per heavy atom. The summed E-state index contributed by atoms with van der Waals surface area (Å²) < 4.78 is 7.01. The predicted molar refractivity (Wildman–Crippen MR) is 148 cm³/mol. The molecule has 0 spiro atoms. The molecule has 190 valence electrons. The first-order chi connectivity index (χ1) is 18.1. The summed E-state index contributed by atoms with van der Waals surface area (Å²) in [5, 5.41) is 13.0. The lowest BCUT2D eigenvalue weighted by Crippen LogP contribution is -2.67. The van der Waals surface area contributed by atoms with Crippen LogP contribution in [0.2, 0.25) is 0 Å². The lowest BCUT2D eigenvalue weighted by atomic mass is 9.70. The largest absolute Gasteiger partial charge is 0.489 e. The van der Waals surface area contributed by atoms with Crippen LogP contribution < -0.4 is 4.74 Å². The minimum Gasteiger partial charge on any atom is -0.489 e. The van der Waals surface area contributed by atoms with Gasteiger partial charge in [0, 0.05) is 35.9 Å². The quantitative estimate of drug-likeness (QED) is 0.278. The van der Waals surface area contributed by atoms with Crippen LogP contribution in [0.25, 0.3) is 10.9 Å². The van der Waals surface area contributed by atoms with E-state index in [-0.39, 0.29) is 6.04 Å². The highest BCUT2D eigenvalue weighted by Crippen LogP contribution is 2.48. The summed E-state index contributed by atoms with van der Waals surface area (Å²) in [5.74, 6) is 2.35. The molecule has 3 aliphatic rings. The average Bonchev–Trinajstić information content (AvgIpc) is 2.96. The second kappa shape index (κ2) is 10.3. The maximum atomic E-state index is 11.9. The fourth-order valence-corrected chi connectivity index (χ4v) is 7.04. The average molecular weight is 494 g/mol. The number of hydrogen-bond acceptors (Lipinski definition) is 3. The van der Waals surface area contributed by atoms with Crippen molar-refractivity contribution in [3.63, 3.8) is 0 Å². The molecule has 2 bridgehead atoms. The molecule has 0 aliphatic carbocycles. The molecule has 0 amide bonds. The molecule has 3 aromatic carbocycles. The maximum absolute atomic E-state index is 11.9. The molecule has 1 N–H and O–H groups in total. The summed E-state index contributed by atoms with van der Waals surface area (Å²) >= 11 is 0. The van der Waals surface area contributed by atoms with Gasteiger partial charge in [-0.1, -0.05) is 55.5 Å². The van der Waals surface area contributed by atoms with Crippen molar-refractivity contribution in [2.24, 2.45) is 11.8 Å². The molecule has 4 aromatic rings. The standard InChI is InChI=1S/C33H37N2O2/c1-2-26-22-35(21-24-12-14-28(15-13-24)37-23-25-8-4-3-5-9-25)19-17-27(26)20-32(35)33(36)30-16-18-34-31-11-7-6-10-29(30)31/h3-16,18,26-27,32-33,36H,2,17,19-23H2,1H3/q+1/t26-,27-,32-,33+,35+/m0/s1. The molecule has 1 aromatic heterocycles. The molecule has 4 heteroatoms. The minimum absolute atomic E-state index is 0.196. The van der Waals surface area contributed by atoms with Crippen LogP contribution in [0.4, 0.5) is 0 Å². The van der Waals surface area contributed by atoms with Crippen molar-refractivity contribution in [2.75, 3.05) is 13.1 Å². The van der Waals surface area contributed by atoms with Crippen LogP contribution >= 0.6 is 0 Å². The molecule has 3 fully saturated rings. The van der Waals surface area contributed by atoms with Gasteiger partial charge in [-0.05, 0) is 59.9 Å². The Morgan fingerprint density at radius 3 is 2.54 bits per heavy atom. The van der Waals surface area contributed by atoms with Gasteiger partial charge < -0.3 is 14.3 Å². The van der Waals surface area contributed by atoms with Crippen LogP contribution in [0.3, 0.4) is 0 Å². The third-order valence-corrected chi connectivity index (χ3v) is 9.02. The Labute approximate surface area is 220 Å². The number of aliphatic hydroxyl groups excluding tert-OH is 1. The summed E-state index contributed by atoms with van der Waals surface area (Å²) in [5.41, 5.74) is 4.48. The van der Waals surface area contributed by atoms with E-state index in [0.29, 0.717) is 12.5 Å². The number of ether oxygens (including phenoxy) is 1. The fraction of sp³-hybridized carbons (Fsp3) is 0.364. The van der Waals surface area contributed by atoms with E-state index >= 15 is 0 Å². The van der Waals surface area contributed by atoms with E-state index in [1.54, 1.807) is 0 Å². The van der Waals surface area contributed by atoms with Gasteiger partial charge in [-0.25, -0.2) is 0 Å². The first-order valence-corrected chi connectivity index (χ1v) is 13.8. The fourth-order valence-electron chi connectivity index (χ4n) is 7.04. The summed E-state index contributed by atoms with van der Waals surface area (Å²) in [6, 6.07) is 29.4. The number of aliphatic hydroxyl groups is 1. The number of nitrogens with zero attached hydrogens (tertiary/aromatic N) is 2. The molecule has 4 nitrogen and oxygen atoms in total. The monoisotopic (exact) mass is 493 g/mol. The number of pyridine rings is 1. The molecular formula is C33H37N2O2+. The normalized spacial score (nSPS) is 25.7. The van der Waals surface area contributed by atoms with Crippen LogP contribution in [0.15, 0.2) is 91.1 Å². The third-order valence-electron chi connectivity index (χ3n) is 9.02. The predicted octanol–water partition coefficient (Wildman–Crippen LogP) is 6.68. The van der Waals surface area contributed by atoms with E-state index in [4.69, 9.17) is 4.74 Å². The molecule has 0 radical (unpaired) electrons. The van der Waals surface area contributed by atoms with E-state index in [9.17, 15) is 5.11 Å². The molecule has 0 unspecified atom stereocenters. The number of para-hydroxylation sites is 1. The number of rotatable bonds is 8. The van der Waals surface area contributed by atoms with Crippen molar-refractivity contribution < 1.29 is 14.3 Å². The van der Waals surface area contributed by atoms with Crippen LogP contribution in [0, 0.1) is 11.8 Å².